The average Bonchev–Trinajstić information content (AvgIpc) is 2.80. The van der Waals surface area contributed by atoms with Crippen molar-refractivity contribution < 1.29 is 8.98 Å². The number of benzene rings is 2. The quantitative estimate of drug-likeness (QED) is 0.541. The minimum Gasteiger partial charge on any atom is -0.443 e. The normalized spacial score (nSPS) is 9.87. The average molecular weight is 217 g/mol. The van der Waals surface area contributed by atoms with E-state index in [1.165, 1.54) is 11.8 Å². The van der Waals surface area contributed by atoms with Gasteiger partial charge < -0.3 is 4.42 Å². The minimum absolute atomic E-state index is 0.846. The van der Waals surface area contributed by atoms with E-state index in [9.17, 15) is 0 Å². The Bertz CT molecular complexity index is 591. The third-order valence-electron chi connectivity index (χ3n) is 2.23. The molecule has 0 bridgehead atoms. The van der Waals surface area contributed by atoms with E-state index in [0.29, 0.717) is 0 Å². The van der Waals surface area contributed by atoms with E-state index in [1.807, 2.05) is 24.3 Å². The second-order valence-electron chi connectivity index (χ2n) is 2.99. The third-order valence-corrected chi connectivity index (χ3v) is 2.23. The Hall–Kier alpha value is -1.73. The van der Waals surface area contributed by atoms with E-state index in [0.717, 1.165) is 16.5 Å². The van der Waals surface area contributed by atoms with Crippen molar-refractivity contribution in [1.82, 2.24) is 4.98 Å². The molecule has 0 N–H and O–H groups in total. The predicted octanol–water partition coefficient (Wildman–Crippen LogP) is 3.46. The van der Waals surface area contributed by atoms with E-state index in [2.05, 4.69) is 17.1 Å². The van der Waals surface area contributed by atoms with E-state index in [4.69, 9.17) is 8.98 Å². The van der Waals surface area contributed by atoms with Gasteiger partial charge in [-0.2, -0.15) is 0 Å². The summed E-state index contributed by atoms with van der Waals surface area (Å²) < 4.78 is 13.3. The first kappa shape index (κ1) is 9.81. The highest BCUT2D eigenvalue weighted by molar-refractivity contribution is 7.00. The number of rotatable bonds is 0. The molecule has 0 fully saturated rings. The Morgan fingerprint density at radius 2 is 1.87 bits per heavy atom. The zero-order valence-corrected chi connectivity index (χ0v) is 8.81. The second-order valence-corrected chi connectivity index (χ2v) is 2.99. The van der Waals surface area contributed by atoms with Crippen LogP contribution in [0.5, 0.6) is 0 Å². The van der Waals surface area contributed by atoms with E-state index in [-0.39, 0.29) is 0 Å². The first-order chi connectivity index (χ1) is 7.45. The van der Waals surface area contributed by atoms with Crippen LogP contribution in [0.4, 0.5) is 0 Å². The maximum absolute atomic E-state index is 8.06. The summed E-state index contributed by atoms with van der Waals surface area (Å²) in [5.74, 6) is 0. The summed E-state index contributed by atoms with van der Waals surface area (Å²) in [4.78, 5) is 4.18. The van der Waals surface area contributed by atoms with Crippen LogP contribution in [-0.2, 0) is 4.57 Å². The zero-order chi connectivity index (χ0) is 10.7. The van der Waals surface area contributed by atoms with Crippen LogP contribution in [0.1, 0.15) is 0 Å². The fourth-order valence-electron chi connectivity index (χ4n) is 1.60. The van der Waals surface area contributed by atoms with Crippen LogP contribution in [-0.4, -0.2) is 4.98 Å². The van der Waals surface area contributed by atoms with Crippen molar-refractivity contribution in [2.75, 3.05) is 0 Å². The number of hydrogen-bond acceptors (Lipinski definition) is 3. The van der Waals surface area contributed by atoms with Crippen LogP contribution in [0, 0.1) is 0 Å². The molecule has 0 radical (unpaired) electrons. The van der Waals surface area contributed by atoms with Gasteiger partial charge >= 0.3 is 0 Å². The van der Waals surface area contributed by atoms with Crippen LogP contribution in [0.3, 0.4) is 0 Å². The highest BCUT2D eigenvalue weighted by Gasteiger charge is 2.01. The smallest absolute Gasteiger partial charge is 0.182 e. The number of aromatic nitrogens is 1. The number of nitrogens with zero attached hydrogens (tertiary/aromatic N) is 1. The van der Waals surface area contributed by atoms with Gasteiger partial charge in [0, 0.05) is 5.39 Å². The minimum atomic E-state index is 0.846. The van der Waals surface area contributed by atoms with Gasteiger partial charge in [0.2, 0.25) is 0 Å². The van der Waals surface area contributed by atoms with Crippen LogP contribution >= 0.6 is 9.12 Å². The summed E-state index contributed by atoms with van der Waals surface area (Å²) >= 11 is 0. The maximum Gasteiger partial charge on any atom is 0.182 e. The molecule has 0 saturated heterocycles. The summed E-state index contributed by atoms with van der Waals surface area (Å²) in [7, 11) is 1.72. The number of hydrogen-bond donors (Lipinski definition) is 0. The molecule has 0 amide bonds. The van der Waals surface area contributed by atoms with Crippen molar-refractivity contribution in [3.8, 4) is 0 Å². The second kappa shape index (κ2) is 4.20. The summed E-state index contributed by atoms with van der Waals surface area (Å²) in [5.41, 5.74) is 1.79. The van der Waals surface area contributed by atoms with Crippen molar-refractivity contribution in [3.05, 3.63) is 42.8 Å². The molecule has 0 spiro atoms. The molecule has 4 heteroatoms. The van der Waals surface area contributed by atoms with Crippen molar-refractivity contribution in [3.63, 3.8) is 0 Å². The molecule has 0 aliphatic carbocycles. The standard InChI is InChI=1S/C11H7NO.HOP/c1-2-4-9-8(3-1)5-6-10-11(9)12-7-13-10;1-2/h1-7H;2H. The van der Waals surface area contributed by atoms with E-state index < -0.39 is 0 Å². The van der Waals surface area contributed by atoms with Gasteiger partial charge in [0.1, 0.15) is 14.6 Å². The van der Waals surface area contributed by atoms with Crippen LogP contribution in [0.2, 0.25) is 0 Å². The third kappa shape index (κ3) is 1.62. The van der Waals surface area contributed by atoms with Crippen molar-refractivity contribution in [2.24, 2.45) is 0 Å². The Kier molecular flexibility index (Phi) is 2.75. The Morgan fingerprint density at radius 3 is 2.73 bits per heavy atom. The van der Waals surface area contributed by atoms with E-state index in [1.54, 1.807) is 9.12 Å². The monoisotopic (exact) mass is 217 g/mol. The molecule has 3 aromatic rings. The Balaban J connectivity index is 0.000000404. The SMILES string of the molecule is O=P.c1ccc2c(c1)ccc1ocnc12. The lowest BCUT2D eigenvalue weighted by molar-refractivity contribution is 0.602. The van der Waals surface area contributed by atoms with Gasteiger partial charge in [-0.1, -0.05) is 30.3 Å². The van der Waals surface area contributed by atoms with Crippen molar-refractivity contribution in [2.45, 2.75) is 0 Å². The molecule has 15 heavy (non-hydrogen) atoms. The summed E-state index contributed by atoms with van der Waals surface area (Å²) in [6.07, 6.45) is 1.48. The summed E-state index contributed by atoms with van der Waals surface area (Å²) in [6, 6.07) is 12.2. The molecule has 74 valence electrons. The summed E-state index contributed by atoms with van der Waals surface area (Å²) in [6.45, 7) is 0. The highest BCUT2D eigenvalue weighted by atomic mass is 31.0. The molecule has 1 heterocycles. The first-order valence-electron chi connectivity index (χ1n) is 4.36. The molecule has 1 aromatic heterocycles. The summed E-state index contributed by atoms with van der Waals surface area (Å²) in [5, 5.41) is 2.35. The Morgan fingerprint density at radius 1 is 1.07 bits per heavy atom. The lowest BCUT2D eigenvalue weighted by atomic mass is 10.1. The van der Waals surface area contributed by atoms with Gasteiger partial charge in [0.25, 0.3) is 0 Å². The largest absolute Gasteiger partial charge is 0.443 e. The topological polar surface area (TPSA) is 43.1 Å². The molecule has 0 aliphatic heterocycles. The zero-order valence-electron chi connectivity index (χ0n) is 7.81. The van der Waals surface area contributed by atoms with Gasteiger partial charge in [-0.05, 0) is 11.5 Å². The Labute approximate surface area is 88.3 Å². The van der Waals surface area contributed by atoms with Crippen LogP contribution < -0.4 is 0 Å². The first-order valence-corrected chi connectivity index (χ1v) is 4.77. The molecular weight excluding hydrogens is 209 g/mol. The van der Waals surface area contributed by atoms with Gasteiger partial charge in [0.05, 0.1) is 0 Å². The number of oxazole rings is 1. The number of fused-ring (bicyclic) bond motifs is 3. The van der Waals surface area contributed by atoms with E-state index >= 15 is 0 Å². The molecule has 0 atom stereocenters. The molecular formula is C11H8NO2P. The molecule has 3 rings (SSSR count). The van der Waals surface area contributed by atoms with Crippen molar-refractivity contribution in [1.29, 1.82) is 0 Å². The molecule has 0 aliphatic rings. The maximum atomic E-state index is 8.06. The lowest BCUT2D eigenvalue weighted by Gasteiger charge is -1.95. The van der Waals surface area contributed by atoms with Crippen LogP contribution in [0.25, 0.3) is 21.9 Å². The predicted molar refractivity (Wildman–Crippen MR) is 60.5 cm³/mol. The lowest BCUT2D eigenvalue weighted by Crippen LogP contribution is -1.73. The van der Waals surface area contributed by atoms with Crippen molar-refractivity contribution >= 4 is 31.0 Å². The van der Waals surface area contributed by atoms with Gasteiger partial charge in [0.15, 0.2) is 12.0 Å². The molecule has 2 aromatic carbocycles. The van der Waals surface area contributed by atoms with Gasteiger partial charge in [-0.25, -0.2) is 4.98 Å². The van der Waals surface area contributed by atoms with Gasteiger partial charge in [-0.15, -0.1) is 0 Å². The molecule has 3 nitrogen and oxygen atoms in total. The molecule has 0 saturated carbocycles. The highest BCUT2D eigenvalue weighted by Crippen LogP contribution is 2.23. The van der Waals surface area contributed by atoms with Crippen LogP contribution in [0.15, 0.2) is 47.2 Å². The fraction of sp³-hybridized carbons (Fsp3) is 0. The fourth-order valence-corrected chi connectivity index (χ4v) is 1.60. The molecule has 0 unspecified atom stereocenters. The van der Waals surface area contributed by atoms with Gasteiger partial charge in [-0.3, -0.25) is 4.57 Å².